The first-order chi connectivity index (χ1) is 13.3. The topological polar surface area (TPSA) is 61.4 Å². The summed E-state index contributed by atoms with van der Waals surface area (Å²) in [7, 11) is 0. The van der Waals surface area contributed by atoms with E-state index in [1.807, 2.05) is 6.92 Å². The Morgan fingerprint density at radius 3 is 2.43 bits per heavy atom. The van der Waals surface area contributed by atoms with Gasteiger partial charge in [0.1, 0.15) is 0 Å². The monoisotopic (exact) mass is 399 g/mol. The summed E-state index contributed by atoms with van der Waals surface area (Å²) in [4.78, 5) is 26.2. The maximum Gasteiger partial charge on any atom is 0.238 e. The Kier molecular flexibility index (Phi) is 8.29. The zero-order valence-corrected chi connectivity index (χ0v) is 16.4. The van der Waals surface area contributed by atoms with Crippen LogP contribution >= 0.6 is 0 Å². The molecule has 1 saturated carbocycles. The van der Waals surface area contributed by atoms with E-state index in [2.05, 4.69) is 17.6 Å². The molecule has 0 radical (unpaired) electrons. The average molecular weight is 399 g/mol. The molecule has 0 aliphatic heterocycles. The van der Waals surface area contributed by atoms with Crippen LogP contribution in [-0.4, -0.2) is 42.4 Å². The number of rotatable bonds is 8. The van der Waals surface area contributed by atoms with Crippen molar-refractivity contribution in [1.29, 1.82) is 0 Å². The molecule has 2 amide bonds. The number of halogens is 3. The molecule has 2 N–H and O–H groups in total. The lowest BCUT2D eigenvalue weighted by Crippen LogP contribution is -2.47. The second-order valence-corrected chi connectivity index (χ2v) is 7.42. The van der Waals surface area contributed by atoms with Crippen molar-refractivity contribution in [3.05, 3.63) is 29.6 Å². The number of anilines is 1. The molecule has 5 nitrogen and oxygen atoms in total. The summed E-state index contributed by atoms with van der Waals surface area (Å²) in [6, 6.07) is 1.86. The van der Waals surface area contributed by atoms with E-state index < -0.39 is 29.0 Å². The van der Waals surface area contributed by atoms with Crippen LogP contribution in [0.1, 0.15) is 46.0 Å². The molecule has 1 aromatic rings. The van der Waals surface area contributed by atoms with Crippen LogP contribution in [0.2, 0.25) is 0 Å². The van der Waals surface area contributed by atoms with Gasteiger partial charge in [-0.25, -0.2) is 13.2 Å². The Labute approximate surface area is 163 Å². The molecular formula is C20H28F3N3O2. The molecule has 0 heterocycles. The van der Waals surface area contributed by atoms with Crippen molar-refractivity contribution in [1.82, 2.24) is 10.2 Å². The molecule has 2 unspecified atom stereocenters. The molecular weight excluding hydrogens is 371 g/mol. The number of carbonyl (C=O) groups is 2. The van der Waals surface area contributed by atoms with Crippen molar-refractivity contribution in [2.45, 2.75) is 52.0 Å². The number of carbonyl (C=O) groups excluding carboxylic acids is 2. The number of nitrogens with zero attached hydrogens (tertiary/aromatic N) is 1. The van der Waals surface area contributed by atoms with Gasteiger partial charge in [-0.3, -0.25) is 14.5 Å². The fraction of sp³-hybridized carbons (Fsp3) is 0.600. The SMILES string of the molecule is CCCN(CC(=O)Nc1ccc(F)c(F)c1F)CC(=O)NC1CCCCC1C. The zero-order valence-electron chi connectivity index (χ0n) is 16.4. The molecule has 2 atom stereocenters. The van der Waals surface area contributed by atoms with Crippen LogP contribution in [0.4, 0.5) is 18.9 Å². The van der Waals surface area contributed by atoms with Crippen molar-refractivity contribution in [2.24, 2.45) is 5.92 Å². The highest BCUT2D eigenvalue weighted by Crippen LogP contribution is 2.23. The van der Waals surface area contributed by atoms with Crippen molar-refractivity contribution in [2.75, 3.05) is 25.0 Å². The van der Waals surface area contributed by atoms with Gasteiger partial charge in [-0.2, -0.15) is 0 Å². The maximum atomic E-state index is 13.7. The molecule has 2 rings (SSSR count). The number of nitrogens with one attached hydrogen (secondary N) is 2. The van der Waals surface area contributed by atoms with E-state index in [-0.39, 0.29) is 25.0 Å². The molecule has 0 spiro atoms. The predicted octanol–water partition coefficient (Wildman–Crippen LogP) is 3.45. The van der Waals surface area contributed by atoms with Gasteiger partial charge in [0.05, 0.1) is 18.8 Å². The summed E-state index contributed by atoms with van der Waals surface area (Å²) in [6.07, 6.45) is 5.04. The molecule has 8 heteroatoms. The molecule has 156 valence electrons. The first-order valence-electron chi connectivity index (χ1n) is 9.76. The highest BCUT2D eigenvalue weighted by molar-refractivity contribution is 5.92. The van der Waals surface area contributed by atoms with E-state index in [1.165, 1.54) is 6.42 Å². The molecule has 0 aromatic heterocycles. The quantitative estimate of drug-likeness (QED) is 0.659. The zero-order chi connectivity index (χ0) is 20.7. The first-order valence-corrected chi connectivity index (χ1v) is 9.76. The van der Waals surface area contributed by atoms with E-state index >= 15 is 0 Å². The Balaban J connectivity index is 1.91. The summed E-state index contributed by atoms with van der Waals surface area (Å²) in [5.41, 5.74) is -0.430. The van der Waals surface area contributed by atoms with Crippen molar-refractivity contribution in [3.63, 3.8) is 0 Å². The highest BCUT2D eigenvalue weighted by Gasteiger charge is 2.24. The third-order valence-corrected chi connectivity index (χ3v) is 5.04. The summed E-state index contributed by atoms with van der Waals surface area (Å²) >= 11 is 0. The van der Waals surface area contributed by atoms with E-state index in [4.69, 9.17) is 0 Å². The molecule has 1 aromatic carbocycles. The normalized spacial score (nSPS) is 19.5. The third kappa shape index (κ3) is 6.22. The number of amides is 2. The second-order valence-electron chi connectivity index (χ2n) is 7.42. The smallest absolute Gasteiger partial charge is 0.238 e. The van der Waals surface area contributed by atoms with Crippen LogP contribution < -0.4 is 10.6 Å². The van der Waals surface area contributed by atoms with E-state index in [1.54, 1.807) is 4.90 Å². The Bertz CT molecular complexity index is 700. The minimum absolute atomic E-state index is 0.0464. The third-order valence-electron chi connectivity index (χ3n) is 5.04. The highest BCUT2D eigenvalue weighted by atomic mass is 19.2. The molecule has 0 saturated heterocycles. The van der Waals surface area contributed by atoms with Crippen molar-refractivity contribution in [3.8, 4) is 0 Å². The van der Waals surface area contributed by atoms with Crippen LogP contribution in [0.15, 0.2) is 12.1 Å². The van der Waals surface area contributed by atoms with Crippen LogP contribution in [0, 0.1) is 23.4 Å². The minimum Gasteiger partial charge on any atom is -0.352 e. The number of benzene rings is 1. The Hall–Kier alpha value is -2.09. The van der Waals surface area contributed by atoms with Crippen molar-refractivity contribution < 1.29 is 22.8 Å². The molecule has 1 fully saturated rings. The van der Waals surface area contributed by atoms with Gasteiger partial charge in [0.25, 0.3) is 0 Å². The first kappa shape index (κ1) is 22.2. The average Bonchev–Trinajstić information content (AvgIpc) is 2.64. The van der Waals surface area contributed by atoms with Crippen LogP contribution in [0.5, 0.6) is 0 Å². The maximum absolute atomic E-state index is 13.7. The lowest BCUT2D eigenvalue weighted by atomic mass is 9.86. The van der Waals surface area contributed by atoms with E-state index in [0.717, 1.165) is 37.8 Å². The molecule has 28 heavy (non-hydrogen) atoms. The second kappa shape index (κ2) is 10.5. The van der Waals surface area contributed by atoms with Gasteiger partial charge in [0.2, 0.25) is 11.8 Å². The lowest BCUT2D eigenvalue weighted by Gasteiger charge is -2.30. The summed E-state index contributed by atoms with van der Waals surface area (Å²) < 4.78 is 40.0. The summed E-state index contributed by atoms with van der Waals surface area (Å²) in [6.45, 7) is 4.44. The standard InChI is InChI=1S/C20H28F3N3O2/c1-3-10-26(11-17(27)24-15-7-5-4-6-13(15)2)12-18(28)25-16-9-8-14(21)19(22)20(16)23/h8-9,13,15H,3-7,10-12H2,1-2H3,(H,24,27)(H,25,28). The van der Waals surface area contributed by atoms with E-state index in [0.29, 0.717) is 12.5 Å². The van der Waals surface area contributed by atoms with Gasteiger partial charge in [0.15, 0.2) is 17.5 Å². The van der Waals surface area contributed by atoms with Gasteiger partial charge in [-0.15, -0.1) is 0 Å². The van der Waals surface area contributed by atoms with Crippen LogP contribution in [0.3, 0.4) is 0 Å². The van der Waals surface area contributed by atoms with Gasteiger partial charge in [-0.1, -0.05) is 26.7 Å². The Morgan fingerprint density at radius 2 is 1.75 bits per heavy atom. The predicted molar refractivity (Wildman–Crippen MR) is 101 cm³/mol. The molecule has 1 aliphatic rings. The van der Waals surface area contributed by atoms with Gasteiger partial charge < -0.3 is 10.6 Å². The Morgan fingerprint density at radius 1 is 1.07 bits per heavy atom. The van der Waals surface area contributed by atoms with Gasteiger partial charge in [0, 0.05) is 6.04 Å². The number of hydrogen-bond acceptors (Lipinski definition) is 3. The van der Waals surface area contributed by atoms with Crippen LogP contribution in [-0.2, 0) is 9.59 Å². The van der Waals surface area contributed by atoms with Crippen molar-refractivity contribution >= 4 is 17.5 Å². The molecule has 1 aliphatic carbocycles. The van der Waals surface area contributed by atoms with Gasteiger partial charge in [-0.05, 0) is 43.9 Å². The summed E-state index contributed by atoms with van der Waals surface area (Å²) in [5, 5.41) is 5.27. The number of hydrogen-bond donors (Lipinski definition) is 2. The van der Waals surface area contributed by atoms with Crippen LogP contribution in [0.25, 0.3) is 0 Å². The fourth-order valence-corrected chi connectivity index (χ4v) is 3.53. The fourth-order valence-electron chi connectivity index (χ4n) is 3.53. The minimum atomic E-state index is -1.64. The largest absolute Gasteiger partial charge is 0.352 e. The van der Waals surface area contributed by atoms with E-state index in [9.17, 15) is 22.8 Å². The van der Waals surface area contributed by atoms with Gasteiger partial charge >= 0.3 is 0 Å². The summed E-state index contributed by atoms with van der Waals surface area (Å²) in [5.74, 6) is -4.73. The lowest BCUT2D eigenvalue weighted by molar-refractivity contribution is -0.124. The molecule has 0 bridgehead atoms.